The number of nitrogens with one attached hydrogen (secondary N) is 1. The van der Waals surface area contributed by atoms with Crippen molar-refractivity contribution < 1.29 is 23.9 Å². The lowest BCUT2D eigenvalue weighted by Crippen LogP contribution is -2.37. The maximum absolute atomic E-state index is 13.1. The first-order chi connectivity index (χ1) is 16.7. The first-order valence-corrected chi connectivity index (χ1v) is 12.4. The van der Waals surface area contributed by atoms with E-state index in [-0.39, 0.29) is 40.0 Å². The number of benzene rings is 2. The van der Waals surface area contributed by atoms with Crippen molar-refractivity contribution in [2.24, 2.45) is 23.7 Å². The van der Waals surface area contributed by atoms with Crippen molar-refractivity contribution in [3.8, 4) is 0 Å². The molecule has 1 N–H and O–H groups in total. The van der Waals surface area contributed by atoms with Gasteiger partial charge in [-0.15, -0.1) is 23.2 Å². The van der Waals surface area contributed by atoms with Crippen LogP contribution in [0, 0.1) is 37.5 Å². The Bertz CT molecular complexity index is 1200. The number of carbonyl (C=O) groups is 4. The Kier molecular flexibility index (Phi) is 6.09. The van der Waals surface area contributed by atoms with Gasteiger partial charge in [-0.3, -0.25) is 19.3 Å². The van der Waals surface area contributed by atoms with E-state index in [0.29, 0.717) is 17.8 Å². The largest absolute Gasteiger partial charge is 0.452 e. The first kappa shape index (κ1) is 23.8. The molecule has 9 heteroatoms. The highest BCUT2D eigenvalue weighted by Crippen LogP contribution is 2.59. The lowest BCUT2D eigenvalue weighted by molar-refractivity contribution is -0.123. The van der Waals surface area contributed by atoms with Crippen LogP contribution in [0.15, 0.2) is 42.5 Å². The van der Waals surface area contributed by atoms with E-state index in [0.717, 1.165) is 11.1 Å². The number of imide groups is 1. The molecule has 3 amide bonds. The topological polar surface area (TPSA) is 92.8 Å². The molecule has 2 bridgehead atoms. The zero-order valence-electron chi connectivity index (χ0n) is 19.2. The molecule has 2 aromatic carbocycles. The average Bonchev–Trinajstić information content (AvgIpc) is 3.45. The number of anilines is 2. The number of ether oxygens (including phenoxy) is 1. The highest BCUT2D eigenvalue weighted by Gasteiger charge is 2.66. The Labute approximate surface area is 212 Å². The van der Waals surface area contributed by atoms with Gasteiger partial charge in [0.25, 0.3) is 5.91 Å². The summed E-state index contributed by atoms with van der Waals surface area (Å²) in [4.78, 5) is 52.0. The molecule has 1 aliphatic heterocycles. The van der Waals surface area contributed by atoms with Crippen LogP contribution in [0.3, 0.4) is 0 Å². The standard InChI is InChI=1S/C26H24Cl2N2O5/c1-12-4-3-5-18(13(12)2)29-19(31)11-35-26(34)14-6-8-15(9-7-14)30-24(32)20-16-10-17(21(20)25(30)33)23(28)22(16)27/h3-9,16-17,20-23H,10-11H2,1-2H3,(H,29,31)/t16-,17-,20-,21+,22+,23+/m1/s1. The van der Waals surface area contributed by atoms with Gasteiger partial charge in [0, 0.05) is 5.69 Å². The van der Waals surface area contributed by atoms with E-state index in [9.17, 15) is 19.2 Å². The second-order valence-corrected chi connectivity index (χ2v) is 10.4. The van der Waals surface area contributed by atoms with Crippen LogP contribution >= 0.6 is 23.2 Å². The SMILES string of the molecule is Cc1cccc(NC(=O)COC(=O)c2ccc(N3C(=O)[C@@H]4[C@H]5C[C@@H]([C@H](Cl)[C@H]5Cl)[C@@H]4C3=O)cc2)c1C. The number of rotatable bonds is 5. The van der Waals surface area contributed by atoms with Crippen LogP contribution in [0.4, 0.5) is 11.4 Å². The van der Waals surface area contributed by atoms with Gasteiger partial charge < -0.3 is 10.1 Å². The zero-order valence-corrected chi connectivity index (χ0v) is 20.7. The number of aryl methyl sites for hydroxylation is 1. The first-order valence-electron chi connectivity index (χ1n) is 11.5. The molecule has 2 aliphatic carbocycles. The summed E-state index contributed by atoms with van der Waals surface area (Å²) in [6.07, 6.45) is 0.699. The monoisotopic (exact) mass is 514 g/mol. The summed E-state index contributed by atoms with van der Waals surface area (Å²) in [5, 5.41) is 2.10. The molecule has 7 nitrogen and oxygen atoms in total. The van der Waals surface area contributed by atoms with Crippen LogP contribution in [0.1, 0.15) is 27.9 Å². The fraction of sp³-hybridized carbons (Fsp3) is 0.385. The molecule has 35 heavy (non-hydrogen) atoms. The molecule has 0 unspecified atom stereocenters. The Morgan fingerprint density at radius 2 is 1.57 bits per heavy atom. The van der Waals surface area contributed by atoms with Crippen molar-refractivity contribution in [2.45, 2.75) is 31.0 Å². The second kappa shape index (κ2) is 8.95. The molecule has 3 fully saturated rings. The number of hydrogen-bond acceptors (Lipinski definition) is 5. The molecule has 3 aliphatic rings. The molecule has 0 spiro atoms. The van der Waals surface area contributed by atoms with Crippen molar-refractivity contribution in [2.75, 3.05) is 16.8 Å². The summed E-state index contributed by atoms with van der Waals surface area (Å²) in [5.41, 5.74) is 3.23. The molecule has 6 atom stereocenters. The van der Waals surface area contributed by atoms with Gasteiger partial charge in [0.2, 0.25) is 11.8 Å². The number of hydrogen-bond donors (Lipinski definition) is 1. The minimum Gasteiger partial charge on any atom is -0.452 e. The van der Waals surface area contributed by atoms with Gasteiger partial charge in [0.05, 0.1) is 33.8 Å². The molecule has 1 heterocycles. The van der Waals surface area contributed by atoms with E-state index < -0.39 is 30.3 Å². The Morgan fingerprint density at radius 3 is 2.17 bits per heavy atom. The van der Waals surface area contributed by atoms with E-state index in [1.807, 2.05) is 26.0 Å². The van der Waals surface area contributed by atoms with Gasteiger partial charge in [-0.1, -0.05) is 12.1 Å². The van der Waals surface area contributed by atoms with Gasteiger partial charge in [-0.05, 0) is 73.6 Å². The fourth-order valence-corrected chi connectivity index (χ4v) is 6.53. The minimum atomic E-state index is -0.684. The van der Waals surface area contributed by atoms with Gasteiger partial charge >= 0.3 is 5.97 Å². The number of fused-ring (bicyclic) bond motifs is 5. The number of nitrogens with zero attached hydrogens (tertiary/aromatic N) is 1. The molecule has 5 rings (SSSR count). The summed E-state index contributed by atoms with van der Waals surface area (Å²) >= 11 is 12.8. The summed E-state index contributed by atoms with van der Waals surface area (Å²) in [6, 6.07) is 11.6. The van der Waals surface area contributed by atoms with E-state index in [2.05, 4.69) is 5.32 Å². The highest BCUT2D eigenvalue weighted by molar-refractivity contribution is 6.32. The van der Waals surface area contributed by atoms with Gasteiger partial charge in [0.15, 0.2) is 6.61 Å². The van der Waals surface area contributed by atoms with Gasteiger partial charge in [-0.2, -0.15) is 0 Å². The number of esters is 1. The molecule has 2 saturated carbocycles. The smallest absolute Gasteiger partial charge is 0.338 e. The summed E-state index contributed by atoms with van der Waals surface area (Å²) in [5.74, 6) is -2.74. The number of alkyl halides is 2. The molecule has 0 radical (unpaired) electrons. The van der Waals surface area contributed by atoms with Crippen LogP contribution in [-0.4, -0.2) is 41.1 Å². The van der Waals surface area contributed by atoms with Gasteiger partial charge in [-0.25, -0.2) is 4.79 Å². The predicted octanol–water partition coefficient (Wildman–Crippen LogP) is 4.07. The molecule has 182 valence electrons. The van der Waals surface area contributed by atoms with E-state index in [4.69, 9.17) is 27.9 Å². The normalized spacial score (nSPS) is 28.9. The minimum absolute atomic E-state index is 0.0976. The average molecular weight is 515 g/mol. The van der Waals surface area contributed by atoms with E-state index >= 15 is 0 Å². The second-order valence-electron chi connectivity index (χ2n) is 9.43. The fourth-order valence-electron chi connectivity index (χ4n) is 5.64. The van der Waals surface area contributed by atoms with Crippen molar-refractivity contribution in [3.05, 3.63) is 59.2 Å². The molecular weight excluding hydrogens is 491 g/mol. The van der Waals surface area contributed by atoms with Crippen LogP contribution in [0.2, 0.25) is 0 Å². The molecule has 2 aromatic rings. The summed E-state index contributed by atoms with van der Waals surface area (Å²) in [7, 11) is 0. The zero-order chi connectivity index (χ0) is 25.0. The molecular formula is C26H24Cl2N2O5. The summed E-state index contributed by atoms with van der Waals surface area (Å²) in [6.45, 7) is 3.40. The molecule has 1 saturated heterocycles. The third-order valence-electron chi connectivity index (χ3n) is 7.56. The Hall–Kier alpha value is -2.90. The quantitative estimate of drug-likeness (QED) is 0.368. The van der Waals surface area contributed by atoms with Crippen LogP contribution < -0.4 is 10.2 Å². The van der Waals surface area contributed by atoms with Crippen molar-refractivity contribution >= 4 is 58.3 Å². The summed E-state index contributed by atoms with van der Waals surface area (Å²) < 4.78 is 5.13. The number of amides is 3. The van der Waals surface area contributed by atoms with Crippen LogP contribution in [0.5, 0.6) is 0 Å². The highest BCUT2D eigenvalue weighted by atomic mass is 35.5. The maximum atomic E-state index is 13.1. The third-order valence-corrected chi connectivity index (χ3v) is 8.88. The van der Waals surface area contributed by atoms with Crippen molar-refractivity contribution in [1.82, 2.24) is 0 Å². The van der Waals surface area contributed by atoms with Crippen molar-refractivity contribution in [3.63, 3.8) is 0 Å². The Morgan fingerprint density at radius 1 is 0.971 bits per heavy atom. The van der Waals surface area contributed by atoms with Crippen molar-refractivity contribution in [1.29, 1.82) is 0 Å². The lowest BCUT2D eigenvalue weighted by atomic mass is 9.80. The predicted molar refractivity (Wildman–Crippen MR) is 132 cm³/mol. The van der Waals surface area contributed by atoms with Crippen LogP contribution in [0.25, 0.3) is 0 Å². The number of carbonyl (C=O) groups excluding carboxylic acids is 4. The molecule has 0 aromatic heterocycles. The Balaban J connectivity index is 1.22. The third kappa shape index (κ3) is 3.91. The maximum Gasteiger partial charge on any atom is 0.338 e. The number of halogens is 2. The van der Waals surface area contributed by atoms with Gasteiger partial charge in [0.1, 0.15) is 0 Å². The van der Waals surface area contributed by atoms with E-state index in [1.165, 1.54) is 29.2 Å². The lowest BCUT2D eigenvalue weighted by Gasteiger charge is -2.28. The van der Waals surface area contributed by atoms with Crippen LogP contribution in [-0.2, 0) is 19.1 Å². The van der Waals surface area contributed by atoms with E-state index in [1.54, 1.807) is 6.07 Å².